The van der Waals surface area contributed by atoms with E-state index in [4.69, 9.17) is 4.18 Å². The normalized spacial score (nSPS) is 11.7. The molecule has 0 amide bonds. The Morgan fingerprint density at radius 3 is 2.33 bits per heavy atom. The topological polar surface area (TPSA) is 55.7 Å². The molecule has 138 valence electrons. The highest BCUT2D eigenvalue weighted by Gasteiger charge is 2.17. The SMILES string of the molecule is Cc1ccc(N=Cc2ccc(OS(=O)(=O)c3ccccc3)c(Br)c2)cc1C. The van der Waals surface area contributed by atoms with Crippen molar-refractivity contribution >= 4 is 38.0 Å². The number of benzene rings is 3. The summed E-state index contributed by atoms with van der Waals surface area (Å²) in [6, 6.07) is 19.2. The molecule has 4 nitrogen and oxygen atoms in total. The van der Waals surface area contributed by atoms with Crippen LogP contribution in [-0.2, 0) is 10.1 Å². The number of hydrogen-bond acceptors (Lipinski definition) is 4. The first-order chi connectivity index (χ1) is 12.8. The van der Waals surface area contributed by atoms with Crippen LogP contribution in [0.4, 0.5) is 5.69 Å². The van der Waals surface area contributed by atoms with Crippen LogP contribution in [0, 0.1) is 13.8 Å². The van der Waals surface area contributed by atoms with Gasteiger partial charge >= 0.3 is 10.1 Å². The number of rotatable bonds is 5. The zero-order valence-electron chi connectivity index (χ0n) is 14.9. The van der Waals surface area contributed by atoms with E-state index in [1.165, 1.54) is 23.3 Å². The van der Waals surface area contributed by atoms with Crippen molar-refractivity contribution in [1.29, 1.82) is 0 Å². The molecule has 0 aliphatic heterocycles. The van der Waals surface area contributed by atoms with Crippen molar-refractivity contribution in [3.8, 4) is 5.75 Å². The van der Waals surface area contributed by atoms with Crippen LogP contribution in [-0.4, -0.2) is 14.6 Å². The fourth-order valence-electron chi connectivity index (χ4n) is 2.37. The Hall–Kier alpha value is -2.44. The van der Waals surface area contributed by atoms with Crippen LogP contribution in [0.25, 0.3) is 0 Å². The van der Waals surface area contributed by atoms with E-state index in [1.807, 2.05) is 25.1 Å². The van der Waals surface area contributed by atoms with Crippen molar-refractivity contribution in [3.05, 3.63) is 87.9 Å². The summed E-state index contributed by atoms with van der Waals surface area (Å²) in [5.74, 6) is 0.224. The first kappa shape index (κ1) is 19.3. The van der Waals surface area contributed by atoms with Crippen LogP contribution in [0.2, 0.25) is 0 Å². The van der Waals surface area contributed by atoms with Gasteiger partial charge in [0.1, 0.15) is 4.90 Å². The maximum atomic E-state index is 12.3. The second-order valence-corrected chi connectivity index (χ2v) is 8.47. The van der Waals surface area contributed by atoms with Crippen molar-refractivity contribution in [2.24, 2.45) is 4.99 Å². The first-order valence-corrected chi connectivity index (χ1v) is 10.5. The Morgan fingerprint density at radius 1 is 0.926 bits per heavy atom. The zero-order valence-corrected chi connectivity index (χ0v) is 17.3. The van der Waals surface area contributed by atoms with Crippen molar-refractivity contribution < 1.29 is 12.6 Å². The predicted molar refractivity (Wildman–Crippen MR) is 112 cm³/mol. The second-order valence-electron chi connectivity index (χ2n) is 6.07. The van der Waals surface area contributed by atoms with Crippen molar-refractivity contribution in [3.63, 3.8) is 0 Å². The summed E-state index contributed by atoms with van der Waals surface area (Å²) in [6.45, 7) is 4.10. The minimum atomic E-state index is -3.88. The van der Waals surface area contributed by atoms with Gasteiger partial charge in [-0.3, -0.25) is 4.99 Å². The molecule has 0 bridgehead atoms. The molecule has 0 saturated heterocycles. The fourth-order valence-corrected chi connectivity index (χ4v) is 3.93. The van der Waals surface area contributed by atoms with Gasteiger partial charge in [0.15, 0.2) is 5.75 Å². The molecule has 0 spiro atoms. The molecule has 0 aliphatic carbocycles. The Bertz CT molecular complexity index is 1090. The first-order valence-electron chi connectivity index (χ1n) is 8.25. The maximum absolute atomic E-state index is 12.3. The van der Waals surface area contributed by atoms with Gasteiger partial charge in [-0.05, 0) is 88.9 Å². The highest BCUT2D eigenvalue weighted by Crippen LogP contribution is 2.29. The molecule has 0 saturated carbocycles. The molecule has 0 N–H and O–H groups in total. The summed E-state index contributed by atoms with van der Waals surface area (Å²) in [4.78, 5) is 4.58. The molecule has 27 heavy (non-hydrogen) atoms. The number of aliphatic imine (C=N–C) groups is 1. The van der Waals surface area contributed by atoms with Gasteiger partial charge < -0.3 is 4.18 Å². The number of halogens is 1. The molecule has 0 radical (unpaired) electrons. The summed E-state index contributed by atoms with van der Waals surface area (Å²) in [7, 11) is -3.88. The molecule has 0 aromatic heterocycles. The van der Waals surface area contributed by atoms with Gasteiger partial charge in [-0.15, -0.1) is 0 Å². The minimum absolute atomic E-state index is 0.109. The third-order valence-corrected chi connectivity index (χ3v) is 5.91. The summed E-state index contributed by atoms with van der Waals surface area (Å²) in [5, 5.41) is 0. The van der Waals surface area contributed by atoms with Crippen LogP contribution >= 0.6 is 15.9 Å². The van der Waals surface area contributed by atoms with Crippen molar-refractivity contribution in [2.75, 3.05) is 0 Å². The summed E-state index contributed by atoms with van der Waals surface area (Å²) in [5.41, 5.74) is 4.09. The molecule has 0 fully saturated rings. The average Bonchev–Trinajstić information content (AvgIpc) is 2.65. The van der Waals surface area contributed by atoms with Gasteiger partial charge in [0.05, 0.1) is 10.2 Å². The van der Waals surface area contributed by atoms with E-state index in [9.17, 15) is 8.42 Å². The zero-order chi connectivity index (χ0) is 19.4. The second kappa shape index (κ2) is 8.06. The standard InChI is InChI=1S/C21H18BrNO3S/c1-15-8-10-18(12-16(15)2)23-14-17-9-11-21(20(22)13-17)26-27(24,25)19-6-4-3-5-7-19/h3-14H,1-2H3. The molecule has 0 aliphatic rings. The molecule has 3 aromatic rings. The van der Waals surface area contributed by atoms with Gasteiger partial charge in [0.2, 0.25) is 0 Å². The smallest absolute Gasteiger partial charge is 0.339 e. The van der Waals surface area contributed by atoms with Crippen molar-refractivity contribution in [1.82, 2.24) is 0 Å². The summed E-state index contributed by atoms with van der Waals surface area (Å²) in [6.07, 6.45) is 1.73. The largest absolute Gasteiger partial charge is 0.378 e. The quantitative estimate of drug-likeness (QED) is 0.381. The van der Waals surface area contributed by atoms with E-state index < -0.39 is 10.1 Å². The highest BCUT2D eigenvalue weighted by molar-refractivity contribution is 9.10. The molecule has 0 heterocycles. The van der Waals surface area contributed by atoms with Crippen LogP contribution < -0.4 is 4.18 Å². The fraction of sp³-hybridized carbons (Fsp3) is 0.0952. The van der Waals surface area contributed by atoms with Crippen LogP contribution in [0.15, 0.2) is 81.1 Å². The molecule has 0 unspecified atom stereocenters. The van der Waals surface area contributed by atoms with Crippen LogP contribution in [0.3, 0.4) is 0 Å². The maximum Gasteiger partial charge on any atom is 0.339 e. The highest BCUT2D eigenvalue weighted by atomic mass is 79.9. The summed E-state index contributed by atoms with van der Waals surface area (Å²) < 4.78 is 30.5. The lowest BCUT2D eigenvalue weighted by Crippen LogP contribution is -2.09. The van der Waals surface area contributed by atoms with Gasteiger partial charge in [0, 0.05) is 6.21 Å². The predicted octanol–water partition coefficient (Wildman–Crippen LogP) is 5.58. The molecule has 0 atom stereocenters. The molecule has 6 heteroatoms. The molecule has 3 rings (SSSR count). The van der Waals surface area contributed by atoms with Gasteiger partial charge in [0.25, 0.3) is 0 Å². The molecular weight excluding hydrogens is 426 g/mol. The number of hydrogen-bond donors (Lipinski definition) is 0. The minimum Gasteiger partial charge on any atom is -0.378 e. The van der Waals surface area contributed by atoms with Gasteiger partial charge in [-0.2, -0.15) is 8.42 Å². The van der Waals surface area contributed by atoms with E-state index >= 15 is 0 Å². The van der Waals surface area contributed by atoms with E-state index in [0.717, 1.165) is 11.3 Å². The Kier molecular flexibility index (Phi) is 5.77. The number of aryl methyl sites for hydroxylation is 2. The van der Waals surface area contributed by atoms with Crippen LogP contribution in [0.1, 0.15) is 16.7 Å². The van der Waals surface area contributed by atoms with E-state index in [-0.39, 0.29) is 10.6 Å². The lowest BCUT2D eigenvalue weighted by molar-refractivity contribution is 0.484. The average molecular weight is 444 g/mol. The number of nitrogens with zero attached hydrogens (tertiary/aromatic N) is 1. The van der Waals surface area contributed by atoms with E-state index in [0.29, 0.717) is 4.47 Å². The Labute approximate surface area is 167 Å². The third kappa shape index (κ3) is 4.84. The van der Waals surface area contributed by atoms with Gasteiger partial charge in [-0.25, -0.2) is 0 Å². The Balaban J connectivity index is 1.79. The molecular formula is C21H18BrNO3S. The third-order valence-electron chi connectivity index (χ3n) is 4.04. The lowest BCUT2D eigenvalue weighted by atomic mass is 10.1. The summed E-state index contributed by atoms with van der Waals surface area (Å²) >= 11 is 3.37. The van der Waals surface area contributed by atoms with E-state index in [1.54, 1.807) is 42.6 Å². The van der Waals surface area contributed by atoms with E-state index in [2.05, 4.69) is 27.8 Å². The Morgan fingerprint density at radius 2 is 1.67 bits per heavy atom. The van der Waals surface area contributed by atoms with Gasteiger partial charge in [-0.1, -0.05) is 24.3 Å². The van der Waals surface area contributed by atoms with Crippen molar-refractivity contribution in [2.45, 2.75) is 18.7 Å². The molecule has 3 aromatic carbocycles. The monoisotopic (exact) mass is 443 g/mol. The van der Waals surface area contributed by atoms with Crippen LogP contribution in [0.5, 0.6) is 5.75 Å². The lowest BCUT2D eigenvalue weighted by Gasteiger charge is -2.09.